The second-order valence-corrected chi connectivity index (χ2v) is 13.9. The van der Waals surface area contributed by atoms with E-state index in [1.807, 2.05) is 0 Å². The van der Waals surface area contributed by atoms with Gasteiger partial charge in [-0.3, -0.25) is 4.55 Å². The highest BCUT2D eigenvalue weighted by atomic mass is 35.5. The van der Waals surface area contributed by atoms with Crippen LogP contribution in [0.4, 0.5) is 26.1 Å². The lowest BCUT2D eigenvalue weighted by molar-refractivity contribution is 0.251. The molecule has 2 amide bonds. The van der Waals surface area contributed by atoms with Crippen molar-refractivity contribution in [2.75, 3.05) is 22.5 Å². The van der Waals surface area contributed by atoms with Crippen molar-refractivity contribution in [3.8, 4) is 16.9 Å². The number of nitrogens with zero attached hydrogens (tertiary/aromatic N) is 2. The predicted molar refractivity (Wildman–Crippen MR) is 180 cm³/mol. The molecule has 1 aromatic heterocycles. The first-order valence-corrected chi connectivity index (χ1v) is 17.4. The van der Waals surface area contributed by atoms with E-state index in [1.165, 1.54) is 6.92 Å². The van der Waals surface area contributed by atoms with E-state index in [9.17, 15) is 25.5 Å². The largest absolute Gasteiger partial charge is 0.486 e. The Morgan fingerprint density at radius 3 is 2.17 bits per heavy atom. The van der Waals surface area contributed by atoms with Crippen molar-refractivity contribution in [3.63, 3.8) is 0 Å². The van der Waals surface area contributed by atoms with Crippen molar-refractivity contribution >= 4 is 90.2 Å². The Balaban J connectivity index is 0.000000913. The number of urea groups is 1. The number of nitrogens with one attached hydrogen (secondary N) is 2. The molecule has 0 unspecified atom stereocenters. The summed E-state index contributed by atoms with van der Waals surface area (Å²) >= 11 is 24.6. The molecule has 0 spiro atoms. The zero-order valence-electron chi connectivity index (χ0n) is 24.0. The monoisotopic (exact) mass is 768 g/mol. The number of hydrogen-bond donors (Lipinski definition) is 5. The van der Waals surface area contributed by atoms with Crippen LogP contribution in [0.3, 0.4) is 0 Å². The molecule has 252 valence electrons. The van der Waals surface area contributed by atoms with Crippen molar-refractivity contribution in [2.45, 2.75) is 25.0 Å². The molecule has 0 saturated carbocycles. The maximum absolute atomic E-state index is 13.3. The zero-order valence-corrected chi connectivity index (χ0v) is 28.6. The molecule has 1 heterocycles. The van der Waals surface area contributed by atoms with E-state index in [1.54, 1.807) is 36.4 Å². The molecule has 13 nitrogen and oxygen atoms in total. The molecular weight excluding hydrogens is 745 g/mol. The molecule has 20 heteroatoms. The van der Waals surface area contributed by atoms with E-state index in [-0.39, 0.29) is 46.4 Å². The first-order chi connectivity index (χ1) is 21.9. The van der Waals surface area contributed by atoms with E-state index in [2.05, 4.69) is 20.6 Å². The van der Waals surface area contributed by atoms with Gasteiger partial charge >= 0.3 is 16.3 Å². The average molecular weight is 770 g/mol. The number of rotatable bonds is 9. The summed E-state index contributed by atoms with van der Waals surface area (Å²) in [6, 6.07) is 12.1. The van der Waals surface area contributed by atoms with Crippen LogP contribution in [0.5, 0.6) is 5.75 Å². The molecule has 7 N–H and O–H groups in total. The van der Waals surface area contributed by atoms with Gasteiger partial charge in [0.1, 0.15) is 23.1 Å². The van der Waals surface area contributed by atoms with Gasteiger partial charge in [-0.1, -0.05) is 58.5 Å². The minimum atomic E-state index is -4.98. The number of nitrogens with two attached hydrogens (primary N) is 2. The molecule has 0 fully saturated rings. The molecule has 3 aromatic carbocycles. The minimum absolute atomic E-state index is 0.0200. The summed E-state index contributed by atoms with van der Waals surface area (Å²) in [6.07, 6.45) is 0. The lowest BCUT2D eigenvalue weighted by atomic mass is 10.0. The highest BCUT2D eigenvalue weighted by Crippen LogP contribution is 2.34. The summed E-state index contributed by atoms with van der Waals surface area (Å²) in [4.78, 5) is 20.0. The van der Waals surface area contributed by atoms with Gasteiger partial charge in [0.05, 0.1) is 37.2 Å². The molecule has 0 radical (unpaired) electrons. The first-order valence-electron chi connectivity index (χ1n) is 12.9. The quantitative estimate of drug-likeness (QED) is 0.0930. The third-order valence-electron chi connectivity index (χ3n) is 5.88. The number of benzene rings is 3. The van der Waals surface area contributed by atoms with E-state index in [0.29, 0.717) is 38.2 Å². The zero-order chi connectivity index (χ0) is 35.1. The van der Waals surface area contributed by atoms with Crippen LogP contribution >= 0.6 is 46.4 Å². The normalized spacial score (nSPS) is 11.3. The van der Waals surface area contributed by atoms with Crippen LogP contribution in [-0.2, 0) is 33.5 Å². The number of anilines is 3. The number of halogens is 5. The standard InChI is InChI=1S/C25H19Cl4FN6O4S.C2H6O3S/c26-15-4-2-13(8-17(15)28)22-20(34-24(32)36-23(22)31)11-40-21-6-1-12(7-18(21)29)10-33-25(37)35-19-9-14(41(30,38)39)3-5-16(19)27;1-2-6(3,4)5/h1-9H,10-11H2,(H2,33,35,37)(H4,31,32,34,36);2H2,1H3,(H,3,4,5). The molecule has 0 atom stereocenters. The van der Waals surface area contributed by atoms with Gasteiger partial charge in [0.2, 0.25) is 5.95 Å². The molecule has 0 bridgehead atoms. The van der Waals surface area contributed by atoms with Gasteiger partial charge in [0.25, 0.3) is 10.1 Å². The second kappa shape index (κ2) is 16.0. The Morgan fingerprint density at radius 1 is 0.915 bits per heavy atom. The van der Waals surface area contributed by atoms with Crippen molar-refractivity contribution in [1.29, 1.82) is 0 Å². The second-order valence-electron chi connectivity index (χ2n) is 9.23. The Bertz CT molecular complexity index is 2020. The molecule has 4 aromatic rings. The number of hydrogen-bond acceptors (Lipinski definition) is 10. The molecule has 47 heavy (non-hydrogen) atoms. The molecule has 4 rings (SSSR count). The van der Waals surface area contributed by atoms with Crippen molar-refractivity contribution in [2.24, 2.45) is 0 Å². The smallest absolute Gasteiger partial charge is 0.332 e. The van der Waals surface area contributed by atoms with Gasteiger partial charge in [0, 0.05) is 12.1 Å². The number of nitrogen functional groups attached to an aromatic ring is 2. The van der Waals surface area contributed by atoms with Crippen molar-refractivity contribution in [3.05, 3.63) is 85.9 Å². The fraction of sp³-hybridized carbons (Fsp3) is 0.148. The van der Waals surface area contributed by atoms with Crippen LogP contribution in [0.2, 0.25) is 20.1 Å². The molecule has 0 aliphatic carbocycles. The lowest BCUT2D eigenvalue weighted by Crippen LogP contribution is -2.28. The van der Waals surface area contributed by atoms with Crippen LogP contribution < -0.4 is 26.8 Å². The molecular formula is C27H25Cl4FN6O7S2. The number of amides is 2. The van der Waals surface area contributed by atoms with E-state index in [4.69, 9.17) is 67.2 Å². The Labute approximate surface area is 289 Å². The topological polar surface area (TPSA) is 217 Å². The Hall–Kier alpha value is -3.64. The van der Waals surface area contributed by atoms with Crippen LogP contribution in [0.15, 0.2) is 59.5 Å². The first kappa shape index (κ1) is 37.8. The van der Waals surface area contributed by atoms with Crippen LogP contribution in [0.25, 0.3) is 11.1 Å². The fourth-order valence-corrected chi connectivity index (χ4v) is 4.84. The number of carbonyl (C=O) groups excluding carboxylic acids is 1. The summed E-state index contributed by atoms with van der Waals surface area (Å²) < 4.78 is 68.3. The van der Waals surface area contributed by atoms with Gasteiger partial charge in [-0.25, -0.2) is 9.78 Å². The third kappa shape index (κ3) is 11.2. The van der Waals surface area contributed by atoms with Gasteiger partial charge in [-0.2, -0.15) is 21.8 Å². The van der Waals surface area contributed by atoms with E-state index < -0.39 is 31.3 Å². The van der Waals surface area contributed by atoms with Crippen LogP contribution in [0.1, 0.15) is 18.2 Å². The summed E-state index contributed by atoms with van der Waals surface area (Å²) in [7, 11) is -8.64. The summed E-state index contributed by atoms with van der Waals surface area (Å²) in [5, 5.41) is 5.88. The number of ether oxygens (including phenoxy) is 1. The number of carbonyl (C=O) groups is 1. The number of aromatic nitrogens is 2. The maximum Gasteiger partial charge on any atom is 0.332 e. The summed E-state index contributed by atoms with van der Waals surface area (Å²) in [5.41, 5.74) is 13.9. The maximum atomic E-state index is 13.3. The molecule has 0 aliphatic rings. The summed E-state index contributed by atoms with van der Waals surface area (Å²) in [6.45, 7) is 1.33. The highest BCUT2D eigenvalue weighted by molar-refractivity contribution is 7.86. The van der Waals surface area contributed by atoms with Gasteiger partial charge in [-0.05, 0) is 60.5 Å². The Morgan fingerprint density at radius 2 is 1.57 bits per heavy atom. The third-order valence-corrected chi connectivity index (χ3v) is 8.79. The van der Waals surface area contributed by atoms with E-state index in [0.717, 1.165) is 18.2 Å². The SMILES string of the molecule is CCS(=O)(=O)O.Nc1nc(N)c(-c2ccc(Cl)c(Cl)c2)c(COc2ccc(CNC(=O)Nc3cc(S(=O)(=O)F)ccc3Cl)cc2Cl)n1. The van der Waals surface area contributed by atoms with E-state index >= 15 is 0 Å². The van der Waals surface area contributed by atoms with Crippen molar-refractivity contribution in [1.82, 2.24) is 15.3 Å². The summed E-state index contributed by atoms with van der Waals surface area (Å²) in [5.74, 6) is 0.189. The lowest BCUT2D eigenvalue weighted by Gasteiger charge is -2.15. The highest BCUT2D eigenvalue weighted by Gasteiger charge is 2.18. The predicted octanol–water partition coefficient (Wildman–Crippen LogP) is 6.37. The molecule has 0 saturated heterocycles. The van der Waals surface area contributed by atoms with Gasteiger partial charge in [0.15, 0.2) is 0 Å². The Kier molecular flexibility index (Phi) is 12.8. The fourth-order valence-electron chi connectivity index (χ4n) is 3.64. The molecule has 0 aliphatic heterocycles. The average Bonchev–Trinajstić information content (AvgIpc) is 2.97. The van der Waals surface area contributed by atoms with Crippen LogP contribution in [0, 0.1) is 0 Å². The van der Waals surface area contributed by atoms with Crippen molar-refractivity contribution < 1.29 is 34.8 Å². The minimum Gasteiger partial charge on any atom is -0.486 e. The van der Waals surface area contributed by atoms with Crippen LogP contribution in [-0.4, -0.2) is 43.1 Å². The van der Waals surface area contributed by atoms with Gasteiger partial charge < -0.3 is 26.8 Å². The van der Waals surface area contributed by atoms with Gasteiger partial charge in [-0.15, -0.1) is 3.89 Å².